The number of aryl methyl sites for hydroxylation is 1. The van der Waals surface area contributed by atoms with Crippen molar-refractivity contribution in [2.75, 3.05) is 0 Å². The third-order valence-electron chi connectivity index (χ3n) is 1.18. The van der Waals surface area contributed by atoms with Crippen LogP contribution in [-0.2, 0) is 0 Å². The van der Waals surface area contributed by atoms with E-state index < -0.39 is 0 Å². The standard InChI is InChI=1S/C6H5N3O/c1-4-9-5-2-7-3-8-6(5)10-4/h2-3H,1H3. The van der Waals surface area contributed by atoms with Crippen LogP contribution >= 0.6 is 0 Å². The number of hydrogen-bond donors (Lipinski definition) is 0. The SMILES string of the molecule is Cc1nc2cncnc2o1. The fraction of sp³-hybridized carbons (Fsp3) is 0.167. The first-order valence-corrected chi connectivity index (χ1v) is 2.89. The minimum atomic E-state index is 0.549. The van der Waals surface area contributed by atoms with Crippen LogP contribution in [0.25, 0.3) is 11.2 Å². The van der Waals surface area contributed by atoms with E-state index >= 15 is 0 Å². The Hall–Kier alpha value is -1.45. The summed E-state index contributed by atoms with van der Waals surface area (Å²) in [6.07, 6.45) is 3.06. The highest BCUT2D eigenvalue weighted by Gasteiger charge is 1.99. The normalized spacial score (nSPS) is 10.5. The maximum atomic E-state index is 5.11. The Morgan fingerprint density at radius 2 is 2.40 bits per heavy atom. The summed E-state index contributed by atoms with van der Waals surface area (Å²) in [4.78, 5) is 11.7. The molecule has 0 bridgehead atoms. The summed E-state index contributed by atoms with van der Waals surface area (Å²) >= 11 is 0. The van der Waals surface area contributed by atoms with E-state index in [1.54, 1.807) is 13.1 Å². The lowest BCUT2D eigenvalue weighted by Gasteiger charge is -1.78. The molecule has 10 heavy (non-hydrogen) atoms. The van der Waals surface area contributed by atoms with Crippen LogP contribution in [0.15, 0.2) is 16.9 Å². The van der Waals surface area contributed by atoms with Crippen LogP contribution < -0.4 is 0 Å². The number of oxazole rings is 1. The topological polar surface area (TPSA) is 51.8 Å². The summed E-state index contributed by atoms with van der Waals surface area (Å²) in [7, 11) is 0. The Morgan fingerprint density at radius 3 is 3.20 bits per heavy atom. The molecule has 4 nitrogen and oxygen atoms in total. The van der Waals surface area contributed by atoms with Gasteiger partial charge in [-0.25, -0.2) is 9.97 Å². The maximum absolute atomic E-state index is 5.11. The predicted molar refractivity (Wildman–Crippen MR) is 34.3 cm³/mol. The maximum Gasteiger partial charge on any atom is 0.250 e. The van der Waals surface area contributed by atoms with Crippen molar-refractivity contribution < 1.29 is 4.42 Å². The molecule has 0 aliphatic heterocycles. The lowest BCUT2D eigenvalue weighted by Crippen LogP contribution is -1.74. The molecule has 4 heteroatoms. The van der Waals surface area contributed by atoms with Crippen molar-refractivity contribution in [2.45, 2.75) is 6.92 Å². The van der Waals surface area contributed by atoms with Gasteiger partial charge < -0.3 is 4.42 Å². The summed E-state index contributed by atoms with van der Waals surface area (Å²) in [5.41, 5.74) is 1.26. The van der Waals surface area contributed by atoms with E-state index in [9.17, 15) is 0 Å². The van der Waals surface area contributed by atoms with Gasteiger partial charge >= 0.3 is 0 Å². The zero-order chi connectivity index (χ0) is 6.97. The number of nitrogens with zero attached hydrogens (tertiary/aromatic N) is 3. The zero-order valence-corrected chi connectivity index (χ0v) is 5.40. The molecule has 0 saturated carbocycles. The Kier molecular flexibility index (Phi) is 0.943. The number of rotatable bonds is 0. The van der Waals surface area contributed by atoms with Crippen molar-refractivity contribution in [3.8, 4) is 0 Å². The largest absolute Gasteiger partial charge is 0.422 e. The first-order valence-electron chi connectivity index (χ1n) is 2.89. The highest BCUT2D eigenvalue weighted by molar-refractivity contribution is 5.65. The van der Waals surface area contributed by atoms with Gasteiger partial charge in [-0.3, -0.25) is 0 Å². The molecule has 2 rings (SSSR count). The Labute approximate surface area is 56.9 Å². The van der Waals surface area contributed by atoms with Crippen molar-refractivity contribution in [2.24, 2.45) is 0 Å². The molecule has 0 saturated heterocycles. The van der Waals surface area contributed by atoms with Crippen LogP contribution in [0.1, 0.15) is 5.89 Å². The molecule has 0 spiro atoms. The fourth-order valence-corrected chi connectivity index (χ4v) is 0.799. The summed E-state index contributed by atoms with van der Waals surface area (Å²) in [5, 5.41) is 0. The molecule has 2 aromatic rings. The summed E-state index contributed by atoms with van der Waals surface area (Å²) in [6, 6.07) is 0. The Bertz CT molecular complexity index is 322. The van der Waals surface area contributed by atoms with Crippen molar-refractivity contribution >= 4 is 11.2 Å². The van der Waals surface area contributed by atoms with Crippen molar-refractivity contribution in [1.29, 1.82) is 0 Å². The van der Waals surface area contributed by atoms with Crippen molar-refractivity contribution in [1.82, 2.24) is 15.0 Å². The third-order valence-corrected chi connectivity index (χ3v) is 1.18. The molecule has 0 radical (unpaired) electrons. The van der Waals surface area contributed by atoms with Gasteiger partial charge in [-0.05, 0) is 0 Å². The number of fused-ring (bicyclic) bond motifs is 1. The lowest BCUT2D eigenvalue weighted by atomic mass is 10.6. The molecule has 0 aliphatic carbocycles. The molecular weight excluding hydrogens is 130 g/mol. The van der Waals surface area contributed by atoms with Crippen LogP contribution in [0.4, 0.5) is 0 Å². The molecule has 0 N–H and O–H groups in total. The van der Waals surface area contributed by atoms with E-state index in [2.05, 4.69) is 15.0 Å². The van der Waals surface area contributed by atoms with Crippen LogP contribution in [0.3, 0.4) is 0 Å². The predicted octanol–water partition coefficient (Wildman–Crippen LogP) is 0.926. The molecule has 0 fully saturated rings. The van der Waals surface area contributed by atoms with Gasteiger partial charge in [0.2, 0.25) is 5.71 Å². The molecule has 0 atom stereocenters. The highest BCUT2D eigenvalue weighted by Crippen LogP contribution is 2.08. The van der Waals surface area contributed by atoms with Crippen molar-refractivity contribution in [3.05, 3.63) is 18.4 Å². The summed E-state index contributed by atoms with van der Waals surface area (Å²) in [6.45, 7) is 1.78. The number of aromatic nitrogens is 3. The van der Waals surface area contributed by atoms with E-state index in [0.29, 0.717) is 17.1 Å². The molecule has 0 aliphatic rings. The summed E-state index contributed by atoms with van der Waals surface area (Å²) < 4.78 is 5.11. The molecule has 0 amide bonds. The minimum Gasteiger partial charge on any atom is -0.422 e. The van der Waals surface area contributed by atoms with Gasteiger partial charge in [-0.1, -0.05) is 0 Å². The lowest BCUT2D eigenvalue weighted by molar-refractivity contribution is 0.551. The Morgan fingerprint density at radius 1 is 1.50 bits per heavy atom. The van der Waals surface area contributed by atoms with Gasteiger partial charge in [0.1, 0.15) is 11.8 Å². The van der Waals surface area contributed by atoms with Gasteiger partial charge in [-0.15, -0.1) is 0 Å². The van der Waals surface area contributed by atoms with Gasteiger partial charge in [0.15, 0.2) is 5.89 Å². The van der Waals surface area contributed by atoms with Crippen molar-refractivity contribution in [3.63, 3.8) is 0 Å². The average Bonchev–Trinajstić information content (AvgIpc) is 2.27. The number of hydrogen-bond acceptors (Lipinski definition) is 4. The second kappa shape index (κ2) is 1.76. The second-order valence-corrected chi connectivity index (χ2v) is 1.95. The van der Waals surface area contributed by atoms with Crippen LogP contribution in [-0.4, -0.2) is 15.0 Å². The molecular formula is C6H5N3O. The highest BCUT2D eigenvalue weighted by atomic mass is 16.4. The summed E-state index contributed by atoms with van der Waals surface area (Å²) in [5.74, 6) is 0.621. The minimum absolute atomic E-state index is 0.549. The van der Waals surface area contributed by atoms with Crippen LogP contribution in [0.2, 0.25) is 0 Å². The van der Waals surface area contributed by atoms with E-state index in [-0.39, 0.29) is 0 Å². The zero-order valence-electron chi connectivity index (χ0n) is 5.40. The van der Waals surface area contributed by atoms with E-state index in [1.807, 2.05) is 0 Å². The molecule has 50 valence electrons. The van der Waals surface area contributed by atoms with E-state index in [1.165, 1.54) is 6.33 Å². The van der Waals surface area contributed by atoms with Gasteiger partial charge in [-0.2, -0.15) is 4.98 Å². The fourth-order valence-electron chi connectivity index (χ4n) is 0.799. The first kappa shape index (κ1) is 5.34. The van der Waals surface area contributed by atoms with Gasteiger partial charge in [0, 0.05) is 6.92 Å². The Balaban J connectivity index is 2.88. The van der Waals surface area contributed by atoms with E-state index in [0.717, 1.165) is 0 Å². The van der Waals surface area contributed by atoms with Crippen LogP contribution in [0.5, 0.6) is 0 Å². The molecule has 2 aromatic heterocycles. The molecule has 2 heterocycles. The van der Waals surface area contributed by atoms with E-state index in [4.69, 9.17) is 4.42 Å². The monoisotopic (exact) mass is 135 g/mol. The first-order chi connectivity index (χ1) is 4.86. The third kappa shape index (κ3) is 0.655. The quantitative estimate of drug-likeness (QED) is 0.539. The molecule has 0 aromatic carbocycles. The smallest absolute Gasteiger partial charge is 0.250 e. The molecule has 0 unspecified atom stereocenters. The van der Waals surface area contributed by atoms with Gasteiger partial charge in [0.25, 0.3) is 0 Å². The second-order valence-electron chi connectivity index (χ2n) is 1.95. The van der Waals surface area contributed by atoms with Gasteiger partial charge in [0.05, 0.1) is 6.20 Å². The van der Waals surface area contributed by atoms with Crippen LogP contribution in [0, 0.1) is 6.92 Å². The average molecular weight is 135 g/mol.